The average molecular weight is 161 g/mol. The van der Waals surface area contributed by atoms with Gasteiger partial charge in [-0.25, -0.2) is 4.39 Å². The third kappa shape index (κ3) is 1.91. The minimum absolute atomic E-state index is 0.223. The summed E-state index contributed by atoms with van der Waals surface area (Å²) in [6.45, 7) is 3.01. The Bertz CT molecular complexity index is 138. The monoisotopic (exact) mass is 161 g/mol. The van der Waals surface area contributed by atoms with Gasteiger partial charge in [-0.2, -0.15) is 0 Å². The van der Waals surface area contributed by atoms with E-state index in [-0.39, 0.29) is 6.10 Å². The molecule has 2 nitrogen and oxygen atoms in total. The van der Waals surface area contributed by atoms with Crippen LogP contribution in [-0.2, 0) is 4.74 Å². The first-order chi connectivity index (χ1) is 5.06. The quantitative estimate of drug-likeness (QED) is 0.570. The number of hydrogen-bond acceptors (Lipinski definition) is 2. The fourth-order valence-corrected chi connectivity index (χ4v) is 1.71. The molecule has 1 rings (SSSR count). The summed E-state index contributed by atoms with van der Waals surface area (Å²) in [5, 5.41) is 0. The molecule has 0 radical (unpaired) electrons. The molecule has 0 aromatic rings. The van der Waals surface area contributed by atoms with Crippen molar-refractivity contribution >= 4 is 0 Å². The third-order valence-electron chi connectivity index (χ3n) is 2.31. The van der Waals surface area contributed by atoms with Gasteiger partial charge in [-0.15, -0.1) is 0 Å². The van der Waals surface area contributed by atoms with Crippen LogP contribution in [0.25, 0.3) is 0 Å². The van der Waals surface area contributed by atoms with Crippen molar-refractivity contribution in [1.29, 1.82) is 0 Å². The highest BCUT2D eigenvalue weighted by molar-refractivity contribution is 4.90. The number of halogens is 1. The standard InChI is InChI=1S/C8H16FNO/c1-8(9)6-10(2)5-4-7(8)11-3/h7H,4-6H2,1-3H3. The van der Waals surface area contributed by atoms with Crippen LogP contribution in [0.2, 0.25) is 0 Å². The van der Waals surface area contributed by atoms with E-state index in [9.17, 15) is 4.39 Å². The Labute approximate surface area is 67.3 Å². The number of piperidine rings is 1. The molecule has 0 aliphatic carbocycles. The molecule has 0 aromatic heterocycles. The van der Waals surface area contributed by atoms with Crippen LogP contribution in [0.15, 0.2) is 0 Å². The first-order valence-electron chi connectivity index (χ1n) is 3.96. The Morgan fingerprint density at radius 3 is 2.73 bits per heavy atom. The zero-order chi connectivity index (χ0) is 8.48. The maximum absolute atomic E-state index is 13.6. The number of likely N-dealkylation sites (tertiary alicyclic amines) is 1. The molecule has 0 N–H and O–H groups in total. The van der Waals surface area contributed by atoms with E-state index in [4.69, 9.17) is 4.74 Å². The van der Waals surface area contributed by atoms with E-state index in [1.165, 1.54) is 0 Å². The van der Waals surface area contributed by atoms with Crippen LogP contribution in [0, 0.1) is 0 Å². The normalized spacial score (nSPS) is 40.9. The molecule has 2 atom stereocenters. The van der Waals surface area contributed by atoms with Gasteiger partial charge < -0.3 is 9.64 Å². The van der Waals surface area contributed by atoms with Gasteiger partial charge in [0.1, 0.15) is 5.67 Å². The topological polar surface area (TPSA) is 12.5 Å². The van der Waals surface area contributed by atoms with E-state index in [1.807, 2.05) is 11.9 Å². The zero-order valence-corrected chi connectivity index (χ0v) is 7.43. The molecule has 1 heterocycles. The Morgan fingerprint density at radius 1 is 1.64 bits per heavy atom. The molecule has 1 aliphatic rings. The molecule has 1 fully saturated rings. The molecule has 2 unspecified atom stereocenters. The van der Waals surface area contributed by atoms with Gasteiger partial charge in [0, 0.05) is 20.2 Å². The summed E-state index contributed by atoms with van der Waals surface area (Å²) in [5.41, 5.74) is -1.18. The van der Waals surface area contributed by atoms with Crippen molar-refractivity contribution in [3.63, 3.8) is 0 Å². The molecule has 0 bridgehead atoms. The number of methoxy groups -OCH3 is 1. The molecule has 0 aromatic carbocycles. The Morgan fingerprint density at radius 2 is 2.27 bits per heavy atom. The number of nitrogens with zero attached hydrogens (tertiary/aromatic N) is 1. The molecular weight excluding hydrogens is 145 g/mol. The van der Waals surface area contributed by atoms with Crippen LogP contribution < -0.4 is 0 Å². The van der Waals surface area contributed by atoms with Crippen molar-refractivity contribution in [3.05, 3.63) is 0 Å². The van der Waals surface area contributed by atoms with Crippen LogP contribution in [-0.4, -0.2) is 43.9 Å². The molecule has 0 saturated carbocycles. The Hall–Kier alpha value is -0.150. The molecule has 66 valence electrons. The second-order valence-electron chi connectivity index (χ2n) is 3.53. The Kier molecular flexibility index (Phi) is 2.50. The largest absolute Gasteiger partial charge is 0.378 e. The van der Waals surface area contributed by atoms with Gasteiger partial charge in [-0.1, -0.05) is 0 Å². The number of ether oxygens (including phenoxy) is 1. The van der Waals surface area contributed by atoms with E-state index in [2.05, 4.69) is 0 Å². The van der Waals surface area contributed by atoms with E-state index < -0.39 is 5.67 Å². The minimum Gasteiger partial charge on any atom is -0.378 e. The maximum Gasteiger partial charge on any atom is 0.146 e. The Balaban J connectivity index is 2.56. The summed E-state index contributed by atoms with van der Waals surface area (Å²) in [6.07, 6.45) is 0.568. The SMILES string of the molecule is COC1CCN(C)CC1(C)F. The smallest absolute Gasteiger partial charge is 0.146 e. The van der Waals surface area contributed by atoms with Crippen molar-refractivity contribution in [2.45, 2.75) is 25.1 Å². The predicted molar refractivity (Wildman–Crippen MR) is 42.4 cm³/mol. The third-order valence-corrected chi connectivity index (χ3v) is 2.31. The number of rotatable bonds is 1. The summed E-state index contributed by atoms with van der Waals surface area (Å²) in [4.78, 5) is 2.00. The fourth-order valence-electron chi connectivity index (χ4n) is 1.71. The predicted octanol–water partition coefficient (Wildman–Crippen LogP) is 1.07. The first-order valence-corrected chi connectivity index (χ1v) is 3.96. The van der Waals surface area contributed by atoms with Crippen molar-refractivity contribution in [2.24, 2.45) is 0 Å². The molecule has 3 heteroatoms. The zero-order valence-electron chi connectivity index (χ0n) is 7.43. The van der Waals surface area contributed by atoms with E-state index in [0.29, 0.717) is 6.54 Å². The van der Waals surface area contributed by atoms with E-state index in [1.54, 1.807) is 14.0 Å². The van der Waals surface area contributed by atoms with Crippen LogP contribution in [0.1, 0.15) is 13.3 Å². The molecule has 0 amide bonds. The van der Waals surface area contributed by atoms with Crippen LogP contribution >= 0.6 is 0 Å². The fraction of sp³-hybridized carbons (Fsp3) is 1.00. The summed E-state index contributed by atoms with van der Waals surface area (Å²) in [7, 11) is 3.51. The highest BCUT2D eigenvalue weighted by Gasteiger charge is 2.38. The van der Waals surface area contributed by atoms with Gasteiger partial charge in [0.05, 0.1) is 6.10 Å². The van der Waals surface area contributed by atoms with Gasteiger partial charge in [0.15, 0.2) is 0 Å². The molecule has 11 heavy (non-hydrogen) atoms. The van der Waals surface area contributed by atoms with Gasteiger partial charge in [-0.3, -0.25) is 0 Å². The lowest BCUT2D eigenvalue weighted by Gasteiger charge is -2.38. The summed E-state index contributed by atoms with van der Waals surface area (Å²) >= 11 is 0. The number of hydrogen-bond donors (Lipinski definition) is 0. The second-order valence-corrected chi connectivity index (χ2v) is 3.53. The van der Waals surface area contributed by atoms with E-state index >= 15 is 0 Å². The maximum atomic E-state index is 13.6. The lowest BCUT2D eigenvalue weighted by atomic mass is 9.94. The molecule has 1 aliphatic heterocycles. The van der Waals surface area contributed by atoms with Crippen molar-refractivity contribution in [3.8, 4) is 0 Å². The van der Waals surface area contributed by atoms with Crippen molar-refractivity contribution in [2.75, 3.05) is 27.2 Å². The van der Waals surface area contributed by atoms with Crippen molar-refractivity contribution in [1.82, 2.24) is 4.90 Å². The van der Waals surface area contributed by atoms with Gasteiger partial charge >= 0.3 is 0 Å². The van der Waals surface area contributed by atoms with Crippen LogP contribution in [0.4, 0.5) is 4.39 Å². The van der Waals surface area contributed by atoms with Gasteiger partial charge in [0.25, 0.3) is 0 Å². The van der Waals surface area contributed by atoms with E-state index in [0.717, 1.165) is 13.0 Å². The highest BCUT2D eigenvalue weighted by atomic mass is 19.1. The first kappa shape index (κ1) is 8.94. The lowest BCUT2D eigenvalue weighted by Crippen LogP contribution is -2.51. The lowest BCUT2D eigenvalue weighted by molar-refractivity contribution is -0.0729. The van der Waals surface area contributed by atoms with Crippen molar-refractivity contribution < 1.29 is 9.13 Å². The molecule has 0 spiro atoms. The molecular formula is C8H16FNO. The second kappa shape index (κ2) is 3.07. The minimum atomic E-state index is -1.18. The van der Waals surface area contributed by atoms with Crippen LogP contribution in [0.5, 0.6) is 0 Å². The van der Waals surface area contributed by atoms with Gasteiger partial charge in [0.2, 0.25) is 0 Å². The summed E-state index contributed by atoms with van der Waals surface area (Å²) < 4.78 is 18.7. The summed E-state index contributed by atoms with van der Waals surface area (Å²) in [5.74, 6) is 0. The summed E-state index contributed by atoms with van der Waals surface area (Å²) in [6, 6.07) is 0. The average Bonchev–Trinajstić information content (AvgIpc) is 1.85. The molecule has 1 saturated heterocycles. The van der Waals surface area contributed by atoms with Gasteiger partial charge in [-0.05, 0) is 20.4 Å². The number of alkyl halides is 1. The highest BCUT2D eigenvalue weighted by Crippen LogP contribution is 2.26. The van der Waals surface area contributed by atoms with Crippen LogP contribution in [0.3, 0.4) is 0 Å².